The zero-order valence-electron chi connectivity index (χ0n) is 10.6. The molecule has 5 nitrogen and oxygen atoms in total. The Hall–Kier alpha value is -1.64. The summed E-state index contributed by atoms with van der Waals surface area (Å²) in [7, 11) is -2.44. The molecule has 0 fully saturated rings. The van der Waals surface area contributed by atoms with Crippen molar-refractivity contribution in [2.24, 2.45) is 5.73 Å². The van der Waals surface area contributed by atoms with Crippen molar-refractivity contribution in [1.82, 2.24) is 0 Å². The maximum absolute atomic E-state index is 13.5. The van der Waals surface area contributed by atoms with E-state index in [1.54, 1.807) is 5.38 Å². The van der Waals surface area contributed by atoms with Crippen molar-refractivity contribution in [3.8, 4) is 5.75 Å². The molecule has 0 atom stereocenters. The van der Waals surface area contributed by atoms with Gasteiger partial charge in [0, 0.05) is 17.5 Å². The molecule has 0 unspecified atom stereocenters. The average Bonchev–Trinajstić information content (AvgIpc) is 2.87. The Morgan fingerprint density at radius 3 is 2.75 bits per heavy atom. The fourth-order valence-electron chi connectivity index (χ4n) is 1.66. The van der Waals surface area contributed by atoms with E-state index < -0.39 is 15.8 Å². The summed E-state index contributed by atoms with van der Waals surface area (Å²) >= 11 is 1.26. The minimum atomic E-state index is -3.78. The molecule has 1 aromatic heterocycles. The number of methoxy groups -OCH3 is 1. The third-order valence-corrected chi connectivity index (χ3v) is 5.12. The number of hydrogen-bond donors (Lipinski definition) is 2. The van der Waals surface area contributed by atoms with E-state index in [9.17, 15) is 12.8 Å². The van der Waals surface area contributed by atoms with Crippen LogP contribution < -0.4 is 15.2 Å². The maximum atomic E-state index is 13.5. The number of ether oxygens (including phenoxy) is 1. The second kappa shape index (κ2) is 5.78. The molecule has 0 saturated heterocycles. The molecule has 8 heteroatoms. The summed E-state index contributed by atoms with van der Waals surface area (Å²) in [4.78, 5) is 0.660. The highest BCUT2D eigenvalue weighted by atomic mass is 32.2. The molecule has 20 heavy (non-hydrogen) atoms. The molecule has 0 bridgehead atoms. The summed E-state index contributed by atoms with van der Waals surface area (Å²) in [6.07, 6.45) is 0. The van der Waals surface area contributed by atoms with Crippen molar-refractivity contribution in [2.75, 3.05) is 11.8 Å². The summed E-state index contributed by atoms with van der Waals surface area (Å²) < 4.78 is 45.0. The van der Waals surface area contributed by atoms with E-state index in [0.29, 0.717) is 4.88 Å². The second-order valence-electron chi connectivity index (χ2n) is 3.87. The number of sulfonamides is 1. The van der Waals surface area contributed by atoms with E-state index in [-0.39, 0.29) is 22.9 Å². The molecule has 0 aliphatic heterocycles. The third kappa shape index (κ3) is 2.92. The first-order valence-electron chi connectivity index (χ1n) is 5.60. The predicted octanol–water partition coefficient (Wildman–Crippen LogP) is 2.16. The van der Waals surface area contributed by atoms with Crippen LogP contribution in [0, 0.1) is 5.82 Å². The van der Waals surface area contributed by atoms with Gasteiger partial charge in [-0.3, -0.25) is 4.72 Å². The smallest absolute Gasteiger partial charge is 0.263 e. The fourth-order valence-corrected chi connectivity index (χ4v) is 4.04. The van der Waals surface area contributed by atoms with Gasteiger partial charge in [-0.05, 0) is 23.6 Å². The lowest BCUT2D eigenvalue weighted by molar-refractivity contribution is 0.386. The quantitative estimate of drug-likeness (QED) is 0.885. The number of nitrogens with two attached hydrogens (primary N) is 1. The summed E-state index contributed by atoms with van der Waals surface area (Å²) in [5.41, 5.74) is 5.61. The van der Waals surface area contributed by atoms with E-state index in [0.717, 1.165) is 6.07 Å². The number of benzene rings is 1. The number of hydrogen-bond acceptors (Lipinski definition) is 5. The number of nitrogens with one attached hydrogen (secondary N) is 1. The van der Waals surface area contributed by atoms with E-state index in [2.05, 4.69) is 4.72 Å². The van der Waals surface area contributed by atoms with E-state index in [1.165, 1.54) is 36.6 Å². The van der Waals surface area contributed by atoms with Crippen LogP contribution >= 0.6 is 11.3 Å². The maximum Gasteiger partial charge on any atom is 0.263 e. The highest BCUT2D eigenvalue weighted by Gasteiger charge is 2.19. The number of rotatable bonds is 5. The molecule has 3 N–H and O–H groups in total. The Bertz CT molecular complexity index is 713. The Labute approximate surface area is 120 Å². The molecule has 0 aliphatic carbocycles. The van der Waals surface area contributed by atoms with Gasteiger partial charge in [0.1, 0.15) is 4.90 Å². The SMILES string of the molecule is COc1ccc(NS(=O)(=O)c2ccsc2CN)cc1F. The zero-order chi connectivity index (χ0) is 14.8. The van der Waals surface area contributed by atoms with Gasteiger partial charge >= 0.3 is 0 Å². The van der Waals surface area contributed by atoms with Gasteiger partial charge in [0.15, 0.2) is 11.6 Å². The highest BCUT2D eigenvalue weighted by molar-refractivity contribution is 7.93. The zero-order valence-corrected chi connectivity index (χ0v) is 12.2. The molecule has 0 radical (unpaired) electrons. The number of anilines is 1. The van der Waals surface area contributed by atoms with E-state index >= 15 is 0 Å². The summed E-state index contributed by atoms with van der Waals surface area (Å²) in [5, 5.41) is 1.64. The van der Waals surface area contributed by atoms with Gasteiger partial charge in [-0.25, -0.2) is 12.8 Å². The molecule has 0 amide bonds. The monoisotopic (exact) mass is 316 g/mol. The number of halogens is 1. The minimum Gasteiger partial charge on any atom is -0.494 e. The lowest BCUT2D eigenvalue weighted by Gasteiger charge is -2.09. The van der Waals surface area contributed by atoms with Gasteiger partial charge in [-0.15, -0.1) is 11.3 Å². The van der Waals surface area contributed by atoms with Crippen LogP contribution in [0.5, 0.6) is 5.75 Å². The van der Waals surface area contributed by atoms with Crippen LogP contribution in [-0.2, 0) is 16.6 Å². The Balaban J connectivity index is 2.31. The van der Waals surface area contributed by atoms with Crippen LogP contribution in [0.25, 0.3) is 0 Å². The summed E-state index contributed by atoms with van der Waals surface area (Å²) in [6, 6.07) is 5.30. The van der Waals surface area contributed by atoms with Crippen molar-refractivity contribution in [1.29, 1.82) is 0 Å². The molecule has 2 rings (SSSR count). The minimum absolute atomic E-state index is 0.0473. The van der Waals surface area contributed by atoms with Gasteiger partial charge in [-0.2, -0.15) is 0 Å². The molecule has 108 valence electrons. The van der Waals surface area contributed by atoms with Crippen molar-refractivity contribution < 1.29 is 17.5 Å². The van der Waals surface area contributed by atoms with Gasteiger partial charge in [0.05, 0.1) is 12.8 Å². The van der Waals surface area contributed by atoms with Gasteiger partial charge < -0.3 is 10.5 Å². The molecule has 0 aliphatic rings. The Kier molecular flexibility index (Phi) is 4.26. The number of thiophene rings is 1. The molecular formula is C12H13FN2O3S2. The van der Waals surface area contributed by atoms with Crippen LogP contribution in [0.4, 0.5) is 10.1 Å². The first-order chi connectivity index (χ1) is 9.47. The molecule has 1 heterocycles. The van der Waals surface area contributed by atoms with Crippen molar-refractivity contribution in [2.45, 2.75) is 11.4 Å². The molecule has 1 aromatic carbocycles. The average molecular weight is 316 g/mol. The predicted molar refractivity (Wildman–Crippen MR) is 76.0 cm³/mol. The standard InChI is InChI=1S/C12H13FN2O3S2/c1-18-10-3-2-8(6-9(10)13)15-20(16,17)12-4-5-19-11(12)7-14/h2-6,15H,7,14H2,1H3. The topological polar surface area (TPSA) is 81.4 Å². The molecular weight excluding hydrogens is 303 g/mol. The Morgan fingerprint density at radius 1 is 1.40 bits per heavy atom. The largest absolute Gasteiger partial charge is 0.494 e. The Morgan fingerprint density at radius 2 is 2.15 bits per heavy atom. The van der Waals surface area contributed by atoms with Crippen LogP contribution in [0.1, 0.15) is 4.88 Å². The van der Waals surface area contributed by atoms with Crippen LogP contribution in [0.3, 0.4) is 0 Å². The van der Waals surface area contributed by atoms with E-state index in [4.69, 9.17) is 10.5 Å². The van der Waals surface area contributed by atoms with Crippen LogP contribution in [0.15, 0.2) is 34.5 Å². The summed E-state index contributed by atoms with van der Waals surface area (Å²) in [5.74, 6) is -0.594. The van der Waals surface area contributed by atoms with Crippen molar-refractivity contribution >= 4 is 27.0 Å². The second-order valence-corrected chi connectivity index (χ2v) is 6.52. The van der Waals surface area contributed by atoms with Crippen molar-refractivity contribution in [3.05, 3.63) is 40.3 Å². The first kappa shape index (κ1) is 14.8. The highest BCUT2D eigenvalue weighted by Crippen LogP contribution is 2.26. The van der Waals surface area contributed by atoms with E-state index in [1.807, 2.05) is 0 Å². The fraction of sp³-hybridized carbons (Fsp3) is 0.167. The lowest BCUT2D eigenvalue weighted by atomic mass is 10.3. The van der Waals surface area contributed by atoms with Gasteiger partial charge in [-0.1, -0.05) is 0 Å². The van der Waals surface area contributed by atoms with Crippen LogP contribution in [-0.4, -0.2) is 15.5 Å². The van der Waals surface area contributed by atoms with Gasteiger partial charge in [0.25, 0.3) is 10.0 Å². The normalized spacial score (nSPS) is 11.3. The van der Waals surface area contributed by atoms with Crippen LogP contribution in [0.2, 0.25) is 0 Å². The third-order valence-electron chi connectivity index (χ3n) is 2.58. The van der Waals surface area contributed by atoms with Crippen molar-refractivity contribution in [3.63, 3.8) is 0 Å². The molecule has 0 spiro atoms. The molecule has 2 aromatic rings. The summed E-state index contributed by atoms with van der Waals surface area (Å²) in [6.45, 7) is 0.130. The first-order valence-corrected chi connectivity index (χ1v) is 7.97. The lowest BCUT2D eigenvalue weighted by Crippen LogP contribution is -2.14. The molecule has 0 saturated carbocycles. The van der Waals surface area contributed by atoms with Gasteiger partial charge in [0.2, 0.25) is 0 Å².